The minimum atomic E-state index is -1.33. The molecule has 0 bridgehead atoms. The summed E-state index contributed by atoms with van der Waals surface area (Å²) in [6, 6.07) is 0. The summed E-state index contributed by atoms with van der Waals surface area (Å²) in [6.07, 6.45) is -1.23. The molecule has 0 spiro atoms. The van der Waals surface area contributed by atoms with E-state index in [9.17, 15) is 14.8 Å². The van der Waals surface area contributed by atoms with E-state index in [1.165, 1.54) is 0 Å². The van der Waals surface area contributed by atoms with Gasteiger partial charge in [-0.05, 0) is 0 Å². The molecule has 1 heterocycles. The average molecular weight is 233 g/mol. The zero-order valence-electron chi connectivity index (χ0n) is 9.26. The molecule has 0 unspecified atom stereocenters. The van der Waals surface area contributed by atoms with Crippen molar-refractivity contribution in [2.45, 2.75) is 13.3 Å². The maximum atomic E-state index is 11.4. The van der Waals surface area contributed by atoms with Crippen molar-refractivity contribution in [3.8, 4) is 0 Å². The summed E-state index contributed by atoms with van der Waals surface area (Å²) in [5.41, 5.74) is 0. The molecule has 0 aliphatic carbocycles. The Morgan fingerprint density at radius 1 is 1.38 bits per heavy atom. The summed E-state index contributed by atoms with van der Waals surface area (Å²) >= 11 is 0. The van der Waals surface area contributed by atoms with E-state index in [4.69, 9.17) is 9.84 Å². The lowest BCUT2D eigenvalue weighted by Gasteiger charge is -2.35. The van der Waals surface area contributed by atoms with E-state index in [1.807, 2.05) is 0 Å². The number of hydrogen-bond acceptors (Lipinski definition) is 4. The van der Waals surface area contributed by atoms with Crippen molar-refractivity contribution in [3.05, 3.63) is 0 Å². The average Bonchev–Trinajstić information content (AvgIpc) is 2.25. The summed E-state index contributed by atoms with van der Waals surface area (Å²) in [4.78, 5) is 22.9. The Labute approximate surface area is 93.4 Å². The van der Waals surface area contributed by atoms with Crippen molar-refractivity contribution in [2.24, 2.45) is 0 Å². The van der Waals surface area contributed by atoms with Crippen LogP contribution in [0.4, 0.5) is 4.79 Å². The molecule has 7 nitrogen and oxygen atoms in total. The van der Waals surface area contributed by atoms with E-state index in [0.717, 1.165) is 0 Å². The fourth-order valence-corrected chi connectivity index (χ4v) is 1.52. The van der Waals surface area contributed by atoms with Gasteiger partial charge in [0.15, 0.2) is 6.67 Å². The number of ether oxygens (including phenoxy) is 1. The number of morpholine rings is 1. The van der Waals surface area contributed by atoms with Crippen molar-refractivity contribution in [3.63, 3.8) is 0 Å². The van der Waals surface area contributed by atoms with Crippen LogP contribution < -0.4 is 0 Å². The van der Waals surface area contributed by atoms with Gasteiger partial charge in [-0.2, -0.15) is 9.55 Å². The van der Waals surface area contributed by atoms with Crippen LogP contribution in [-0.4, -0.2) is 64.8 Å². The Kier molecular flexibility index (Phi) is 4.22. The van der Waals surface area contributed by atoms with Crippen molar-refractivity contribution in [1.82, 2.24) is 4.90 Å². The minimum Gasteiger partial charge on any atom is -0.464 e. The predicted octanol–water partition coefficient (Wildman–Crippen LogP) is 0.0967. The van der Waals surface area contributed by atoms with Crippen LogP contribution in [0.1, 0.15) is 13.3 Å². The van der Waals surface area contributed by atoms with E-state index in [1.54, 1.807) is 6.92 Å². The van der Waals surface area contributed by atoms with Gasteiger partial charge in [0, 0.05) is 6.42 Å². The first kappa shape index (κ1) is 12.9. The lowest BCUT2D eigenvalue weighted by Crippen LogP contribution is -2.59. The number of rotatable bonds is 3. The van der Waals surface area contributed by atoms with Gasteiger partial charge in [0.1, 0.15) is 13.1 Å². The minimum absolute atomic E-state index is 0.1000. The number of quaternary nitrogens is 1. The number of hydroxylamine groups is 3. The third-order valence-corrected chi connectivity index (χ3v) is 2.54. The first-order chi connectivity index (χ1) is 7.48. The molecule has 1 saturated heterocycles. The summed E-state index contributed by atoms with van der Waals surface area (Å²) < 4.78 is 4.61. The number of imide groups is 1. The van der Waals surface area contributed by atoms with Crippen LogP contribution in [0, 0.1) is 0 Å². The van der Waals surface area contributed by atoms with E-state index in [2.05, 4.69) is 0 Å². The molecule has 1 rings (SSSR count). The van der Waals surface area contributed by atoms with Crippen molar-refractivity contribution >= 4 is 12.0 Å². The molecule has 16 heavy (non-hydrogen) atoms. The summed E-state index contributed by atoms with van der Waals surface area (Å²) in [7, 11) is 0. The predicted molar refractivity (Wildman–Crippen MR) is 52.6 cm³/mol. The molecular formula is C9H17N2O5+. The molecule has 0 aromatic rings. The maximum absolute atomic E-state index is 11.4. The lowest BCUT2D eigenvalue weighted by molar-refractivity contribution is -1.11. The van der Waals surface area contributed by atoms with Gasteiger partial charge in [-0.1, -0.05) is 6.92 Å². The van der Waals surface area contributed by atoms with Crippen LogP contribution in [0.25, 0.3) is 0 Å². The zero-order chi connectivity index (χ0) is 12.2. The Morgan fingerprint density at radius 3 is 2.38 bits per heavy atom. The lowest BCUT2D eigenvalue weighted by atomic mass is 10.4. The van der Waals surface area contributed by atoms with Gasteiger partial charge in [0.05, 0.1) is 13.2 Å². The first-order valence-corrected chi connectivity index (χ1v) is 5.18. The summed E-state index contributed by atoms with van der Waals surface area (Å²) in [6.45, 7) is 2.67. The Morgan fingerprint density at radius 2 is 1.94 bits per heavy atom. The highest BCUT2D eigenvalue weighted by Crippen LogP contribution is 2.10. The smallest absolute Gasteiger partial charge is 0.418 e. The number of carboxylic acid groups (broad SMARTS) is 1. The summed E-state index contributed by atoms with van der Waals surface area (Å²) in [5.74, 6) is -0.509. The van der Waals surface area contributed by atoms with Crippen molar-refractivity contribution in [2.75, 3.05) is 33.0 Å². The van der Waals surface area contributed by atoms with Crippen molar-refractivity contribution < 1.29 is 29.3 Å². The van der Waals surface area contributed by atoms with E-state index >= 15 is 0 Å². The molecule has 1 fully saturated rings. The molecule has 7 heteroatoms. The fourth-order valence-electron chi connectivity index (χ4n) is 1.52. The van der Waals surface area contributed by atoms with Crippen molar-refractivity contribution in [1.29, 1.82) is 0 Å². The molecule has 1 aliphatic rings. The van der Waals surface area contributed by atoms with Gasteiger partial charge in [-0.3, -0.25) is 4.79 Å². The zero-order valence-corrected chi connectivity index (χ0v) is 9.26. The second-order valence-corrected chi connectivity index (χ2v) is 3.75. The highest BCUT2D eigenvalue weighted by atomic mass is 16.6. The van der Waals surface area contributed by atoms with Crippen LogP contribution in [0.3, 0.4) is 0 Å². The normalized spacial score (nSPS) is 19.1. The number of nitrogens with zero attached hydrogens (tertiary/aromatic N) is 2. The molecule has 2 amide bonds. The molecule has 2 N–H and O–H groups in total. The van der Waals surface area contributed by atoms with Crippen LogP contribution in [0.5, 0.6) is 0 Å². The Bertz CT molecular complexity index is 275. The number of hydrogen-bond donors (Lipinski definition) is 2. The van der Waals surface area contributed by atoms with Gasteiger partial charge in [0.2, 0.25) is 5.91 Å². The van der Waals surface area contributed by atoms with E-state index < -0.39 is 16.6 Å². The van der Waals surface area contributed by atoms with Gasteiger partial charge in [0.25, 0.3) is 0 Å². The number of carbonyl (C=O) groups is 2. The standard InChI is InChI=1S/C9H16N2O5/c1-2-8(12)10(9(13)14)7-11(15)3-5-16-6-4-11/h15H,2-7H2,1H3/p+1. The Hall–Kier alpha value is -1.18. The van der Waals surface area contributed by atoms with Gasteiger partial charge in [-0.25, -0.2) is 10.0 Å². The fraction of sp³-hybridized carbons (Fsp3) is 0.778. The molecule has 0 saturated carbocycles. The van der Waals surface area contributed by atoms with Crippen LogP contribution in [0.2, 0.25) is 0 Å². The van der Waals surface area contributed by atoms with E-state index in [-0.39, 0.29) is 13.1 Å². The molecule has 1 aliphatic heterocycles. The molecule has 0 atom stereocenters. The molecule has 0 aromatic carbocycles. The van der Waals surface area contributed by atoms with E-state index in [0.29, 0.717) is 31.2 Å². The molecule has 0 aromatic heterocycles. The monoisotopic (exact) mass is 233 g/mol. The highest BCUT2D eigenvalue weighted by Gasteiger charge is 2.35. The molecule has 92 valence electrons. The largest absolute Gasteiger partial charge is 0.464 e. The highest BCUT2D eigenvalue weighted by molar-refractivity contribution is 5.90. The number of amides is 2. The summed E-state index contributed by atoms with van der Waals surface area (Å²) in [5, 5.41) is 18.9. The Balaban J connectivity index is 2.66. The third-order valence-electron chi connectivity index (χ3n) is 2.54. The quantitative estimate of drug-likeness (QED) is 0.675. The van der Waals surface area contributed by atoms with Crippen LogP contribution in [0.15, 0.2) is 0 Å². The number of carbonyl (C=O) groups excluding carboxylic acids is 1. The maximum Gasteiger partial charge on any atom is 0.418 e. The van der Waals surface area contributed by atoms with Gasteiger partial charge >= 0.3 is 6.09 Å². The second kappa shape index (κ2) is 5.24. The second-order valence-electron chi connectivity index (χ2n) is 3.75. The van der Waals surface area contributed by atoms with Crippen LogP contribution in [-0.2, 0) is 9.53 Å². The molecular weight excluding hydrogens is 216 g/mol. The third kappa shape index (κ3) is 3.16. The topological polar surface area (TPSA) is 87.1 Å². The molecule has 0 radical (unpaired) electrons. The first-order valence-electron chi connectivity index (χ1n) is 5.18. The van der Waals surface area contributed by atoms with Gasteiger partial charge < -0.3 is 9.84 Å². The SMILES string of the molecule is CCC(=O)N(C[N+]1(O)CCOCC1)C(=O)O. The van der Waals surface area contributed by atoms with Gasteiger partial charge in [-0.15, -0.1) is 0 Å². The van der Waals surface area contributed by atoms with Crippen LogP contribution >= 0.6 is 0 Å².